The SMILES string of the molecule is COCc1cn([C@@H]2C[C@@H]3CN(C(=O)c4n[nH]c5ccccc45)C[C@@H]3C[C@H]2OC)nn1. The van der Waals surface area contributed by atoms with Crippen LogP contribution in [0.5, 0.6) is 0 Å². The van der Waals surface area contributed by atoms with Crippen LogP contribution in [0.15, 0.2) is 30.5 Å². The van der Waals surface area contributed by atoms with Crippen molar-refractivity contribution in [3.8, 4) is 0 Å². The van der Waals surface area contributed by atoms with Gasteiger partial charge in [0.05, 0.1) is 30.5 Å². The molecule has 1 saturated heterocycles. The number of methoxy groups -OCH3 is 2. The Balaban J connectivity index is 1.34. The highest BCUT2D eigenvalue weighted by molar-refractivity contribution is 6.04. The van der Waals surface area contributed by atoms with Gasteiger partial charge in [0.15, 0.2) is 5.69 Å². The number of carbonyl (C=O) groups is 1. The molecule has 0 spiro atoms. The Hall–Kier alpha value is -2.78. The van der Waals surface area contributed by atoms with Gasteiger partial charge in [-0.25, -0.2) is 4.68 Å². The van der Waals surface area contributed by atoms with Gasteiger partial charge in [0, 0.05) is 32.7 Å². The maximum Gasteiger partial charge on any atom is 0.275 e. The third-order valence-electron chi connectivity index (χ3n) is 6.54. The minimum absolute atomic E-state index is 0.00416. The highest BCUT2D eigenvalue weighted by atomic mass is 16.5. The first-order valence-electron chi connectivity index (χ1n) is 10.3. The van der Waals surface area contributed by atoms with E-state index in [0.717, 1.165) is 42.5 Å². The number of rotatable bonds is 5. The number of para-hydroxylation sites is 1. The Morgan fingerprint density at radius 3 is 2.80 bits per heavy atom. The van der Waals surface area contributed by atoms with E-state index in [-0.39, 0.29) is 18.1 Å². The highest BCUT2D eigenvalue weighted by Crippen LogP contribution is 2.42. The van der Waals surface area contributed by atoms with Crippen molar-refractivity contribution >= 4 is 16.8 Å². The Labute approximate surface area is 174 Å². The Morgan fingerprint density at radius 2 is 2.00 bits per heavy atom. The first kappa shape index (κ1) is 19.2. The summed E-state index contributed by atoms with van der Waals surface area (Å²) in [6, 6.07) is 7.85. The molecule has 0 radical (unpaired) electrons. The van der Waals surface area contributed by atoms with Crippen LogP contribution in [0.1, 0.15) is 35.1 Å². The largest absolute Gasteiger partial charge is 0.379 e. The van der Waals surface area contributed by atoms with Crippen molar-refractivity contribution in [3.63, 3.8) is 0 Å². The summed E-state index contributed by atoms with van der Waals surface area (Å²) in [4.78, 5) is 15.2. The number of hydrogen-bond donors (Lipinski definition) is 1. The van der Waals surface area contributed by atoms with Gasteiger partial charge in [0.2, 0.25) is 0 Å². The summed E-state index contributed by atoms with van der Waals surface area (Å²) in [5, 5.41) is 16.6. The molecule has 0 unspecified atom stereocenters. The lowest BCUT2D eigenvalue weighted by molar-refractivity contribution is -0.00548. The zero-order valence-electron chi connectivity index (χ0n) is 17.2. The van der Waals surface area contributed by atoms with Crippen molar-refractivity contribution in [2.75, 3.05) is 27.3 Å². The van der Waals surface area contributed by atoms with Gasteiger partial charge in [0.1, 0.15) is 5.69 Å². The molecule has 1 amide bonds. The van der Waals surface area contributed by atoms with Crippen molar-refractivity contribution < 1.29 is 14.3 Å². The van der Waals surface area contributed by atoms with Crippen molar-refractivity contribution in [1.29, 1.82) is 0 Å². The number of amides is 1. The number of fused-ring (bicyclic) bond motifs is 2. The van der Waals surface area contributed by atoms with Crippen LogP contribution in [0.4, 0.5) is 0 Å². The fourth-order valence-corrected chi connectivity index (χ4v) is 5.05. The van der Waals surface area contributed by atoms with Gasteiger partial charge < -0.3 is 14.4 Å². The van der Waals surface area contributed by atoms with Crippen molar-refractivity contribution in [2.24, 2.45) is 11.8 Å². The number of nitrogens with one attached hydrogen (secondary N) is 1. The van der Waals surface area contributed by atoms with Crippen LogP contribution in [0.25, 0.3) is 10.9 Å². The molecular weight excluding hydrogens is 384 g/mol. The van der Waals surface area contributed by atoms with E-state index in [1.165, 1.54) is 0 Å². The number of aromatic amines is 1. The second-order valence-corrected chi connectivity index (χ2v) is 8.28. The lowest BCUT2D eigenvalue weighted by atomic mass is 9.77. The Morgan fingerprint density at radius 1 is 1.20 bits per heavy atom. The van der Waals surface area contributed by atoms with Crippen LogP contribution in [-0.2, 0) is 16.1 Å². The molecule has 9 heteroatoms. The average Bonchev–Trinajstić information content (AvgIpc) is 3.50. The van der Waals surface area contributed by atoms with Gasteiger partial charge in [0.25, 0.3) is 5.91 Å². The zero-order chi connectivity index (χ0) is 20.7. The molecule has 30 heavy (non-hydrogen) atoms. The van der Waals surface area contributed by atoms with Crippen LogP contribution in [0.2, 0.25) is 0 Å². The molecule has 2 fully saturated rings. The van der Waals surface area contributed by atoms with E-state index < -0.39 is 0 Å². The normalized spacial score (nSPS) is 26.3. The van der Waals surface area contributed by atoms with Gasteiger partial charge in [-0.3, -0.25) is 9.89 Å². The third-order valence-corrected chi connectivity index (χ3v) is 6.54. The first-order chi connectivity index (χ1) is 14.7. The van der Waals surface area contributed by atoms with Gasteiger partial charge in [-0.05, 0) is 30.7 Å². The molecular formula is C21H26N6O3. The van der Waals surface area contributed by atoms with E-state index in [0.29, 0.717) is 24.1 Å². The maximum atomic E-state index is 13.2. The predicted octanol–water partition coefficient (Wildman–Crippen LogP) is 2.04. The minimum atomic E-state index is -0.00416. The molecule has 1 aliphatic heterocycles. The second kappa shape index (κ2) is 7.81. The predicted molar refractivity (Wildman–Crippen MR) is 109 cm³/mol. The number of hydrogen-bond acceptors (Lipinski definition) is 6. The van der Waals surface area contributed by atoms with Crippen LogP contribution in [0.3, 0.4) is 0 Å². The monoisotopic (exact) mass is 410 g/mol. The molecule has 3 aromatic rings. The van der Waals surface area contributed by atoms with E-state index in [1.807, 2.05) is 40.0 Å². The summed E-state index contributed by atoms with van der Waals surface area (Å²) >= 11 is 0. The van der Waals surface area contributed by atoms with E-state index in [9.17, 15) is 4.79 Å². The third kappa shape index (κ3) is 3.27. The van der Waals surface area contributed by atoms with Gasteiger partial charge in [-0.15, -0.1) is 5.10 Å². The number of aromatic nitrogens is 5. The van der Waals surface area contributed by atoms with Crippen LogP contribution < -0.4 is 0 Å². The van der Waals surface area contributed by atoms with E-state index in [1.54, 1.807) is 14.2 Å². The molecule has 2 aromatic heterocycles. The van der Waals surface area contributed by atoms with Crippen LogP contribution >= 0.6 is 0 Å². The molecule has 2 aliphatic rings. The molecule has 4 atom stereocenters. The molecule has 1 aliphatic carbocycles. The first-order valence-corrected chi connectivity index (χ1v) is 10.3. The highest BCUT2D eigenvalue weighted by Gasteiger charge is 2.45. The molecule has 1 aromatic carbocycles. The number of carbonyl (C=O) groups excluding carboxylic acids is 1. The lowest BCUT2D eigenvalue weighted by Gasteiger charge is -2.36. The molecule has 3 heterocycles. The number of H-pyrrole nitrogens is 1. The summed E-state index contributed by atoms with van der Waals surface area (Å²) in [5.41, 5.74) is 2.20. The number of ether oxygens (including phenoxy) is 2. The smallest absolute Gasteiger partial charge is 0.275 e. The Bertz CT molecular complexity index is 1050. The van der Waals surface area contributed by atoms with Crippen molar-refractivity contribution in [3.05, 3.63) is 41.9 Å². The summed E-state index contributed by atoms with van der Waals surface area (Å²) in [7, 11) is 3.40. The molecule has 1 N–H and O–H groups in total. The summed E-state index contributed by atoms with van der Waals surface area (Å²) in [5.74, 6) is 0.823. The van der Waals surface area contributed by atoms with Crippen LogP contribution in [0, 0.1) is 11.8 Å². The number of nitrogens with zero attached hydrogens (tertiary/aromatic N) is 5. The maximum absolute atomic E-state index is 13.2. The minimum Gasteiger partial charge on any atom is -0.379 e. The molecule has 9 nitrogen and oxygen atoms in total. The average molecular weight is 410 g/mol. The number of benzene rings is 1. The van der Waals surface area contributed by atoms with E-state index in [4.69, 9.17) is 9.47 Å². The second-order valence-electron chi connectivity index (χ2n) is 8.28. The molecule has 5 rings (SSSR count). The topological polar surface area (TPSA) is 98.2 Å². The summed E-state index contributed by atoms with van der Waals surface area (Å²) in [6.45, 7) is 1.91. The standard InChI is InChI=1S/C21H26N6O3/c1-29-12-15-11-27(25-22-15)18-7-13-9-26(10-14(13)8-19(18)30-2)21(28)20-16-5-3-4-6-17(16)23-24-20/h3-6,11,13-14,18-19H,7-10,12H2,1-2H3,(H,23,24)/t13-,14+,18-,19-/m1/s1. The van der Waals surface area contributed by atoms with Crippen LogP contribution in [-0.4, -0.2) is 69.4 Å². The van der Waals surface area contributed by atoms with Crippen molar-refractivity contribution in [1.82, 2.24) is 30.1 Å². The number of likely N-dealkylation sites (tertiary alicyclic amines) is 1. The lowest BCUT2D eigenvalue weighted by Crippen LogP contribution is -2.37. The van der Waals surface area contributed by atoms with Gasteiger partial charge >= 0.3 is 0 Å². The zero-order valence-corrected chi connectivity index (χ0v) is 17.2. The molecule has 158 valence electrons. The molecule has 0 bridgehead atoms. The Kier molecular flexibility index (Phi) is 5.00. The van der Waals surface area contributed by atoms with Gasteiger partial charge in [-0.2, -0.15) is 5.10 Å². The van der Waals surface area contributed by atoms with Gasteiger partial charge in [-0.1, -0.05) is 23.4 Å². The fraction of sp³-hybridized carbons (Fsp3) is 0.524. The fourth-order valence-electron chi connectivity index (χ4n) is 5.05. The summed E-state index contributed by atoms with van der Waals surface area (Å²) < 4.78 is 12.9. The summed E-state index contributed by atoms with van der Waals surface area (Å²) in [6.07, 6.45) is 3.79. The van der Waals surface area contributed by atoms with E-state index in [2.05, 4.69) is 20.5 Å². The van der Waals surface area contributed by atoms with E-state index >= 15 is 0 Å². The van der Waals surface area contributed by atoms with Crippen molar-refractivity contribution in [2.45, 2.75) is 31.6 Å². The molecule has 1 saturated carbocycles. The quantitative estimate of drug-likeness (QED) is 0.691.